The minimum Gasteiger partial charge on any atom is -0.459 e. The number of nitrogens with zero attached hydrogens (tertiary/aromatic N) is 2. The Morgan fingerprint density at radius 2 is 1.66 bits per heavy atom. The number of hydrogen-bond acceptors (Lipinski definition) is 7. The zero-order chi connectivity index (χ0) is 20.6. The van der Waals surface area contributed by atoms with Gasteiger partial charge in [0.15, 0.2) is 11.6 Å². The number of benzene rings is 1. The standard InChI is InChI=1S/C19H17N5O4S/c1-12(25)20-13-4-6-14(7-5-13)21-17(26)11-29-18-9-8-16(23-24-18)22-19(27)15-3-2-10-28-15/h2-10H,11H2,1H3,(H,20,25)(H,21,26)(H,22,23,27). The van der Waals surface area contributed by atoms with Gasteiger partial charge in [0, 0.05) is 18.3 Å². The first kappa shape index (κ1) is 20.1. The van der Waals surface area contributed by atoms with Gasteiger partial charge >= 0.3 is 0 Å². The Labute approximate surface area is 170 Å². The summed E-state index contributed by atoms with van der Waals surface area (Å²) < 4.78 is 5.00. The Morgan fingerprint density at radius 3 is 2.24 bits per heavy atom. The van der Waals surface area contributed by atoms with Crippen molar-refractivity contribution < 1.29 is 18.8 Å². The van der Waals surface area contributed by atoms with Gasteiger partial charge in [0.25, 0.3) is 5.91 Å². The van der Waals surface area contributed by atoms with Crippen molar-refractivity contribution in [1.82, 2.24) is 10.2 Å². The van der Waals surface area contributed by atoms with E-state index in [1.54, 1.807) is 48.5 Å². The van der Waals surface area contributed by atoms with Crippen LogP contribution in [0.25, 0.3) is 0 Å². The van der Waals surface area contributed by atoms with Crippen molar-refractivity contribution in [2.75, 3.05) is 21.7 Å². The second kappa shape index (κ2) is 9.51. The van der Waals surface area contributed by atoms with E-state index in [1.165, 1.54) is 24.9 Å². The van der Waals surface area contributed by atoms with Crippen LogP contribution in [0.5, 0.6) is 0 Å². The predicted molar refractivity (Wildman–Crippen MR) is 109 cm³/mol. The van der Waals surface area contributed by atoms with Crippen LogP contribution >= 0.6 is 11.8 Å². The van der Waals surface area contributed by atoms with Gasteiger partial charge < -0.3 is 20.4 Å². The molecule has 0 radical (unpaired) electrons. The first-order valence-electron chi connectivity index (χ1n) is 8.48. The van der Waals surface area contributed by atoms with Crippen molar-refractivity contribution >= 4 is 46.7 Å². The Kier molecular flexibility index (Phi) is 6.59. The molecule has 0 bridgehead atoms. The van der Waals surface area contributed by atoms with Gasteiger partial charge in [0.1, 0.15) is 5.03 Å². The molecule has 3 aromatic rings. The van der Waals surface area contributed by atoms with Crippen LogP contribution in [0.15, 0.2) is 64.2 Å². The third-order valence-electron chi connectivity index (χ3n) is 3.47. The average Bonchev–Trinajstić information content (AvgIpc) is 3.24. The molecule has 1 aromatic carbocycles. The number of amides is 3. The van der Waals surface area contributed by atoms with E-state index in [4.69, 9.17) is 4.42 Å². The fourth-order valence-corrected chi connectivity index (χ4v) is 2.84. The molecule has 3 N–H and O–H groups in total. The molecule has 0 fully saturated rings. The van der Waals surface area contributed by atoms with Gasteiger partial charge in [-0.1, -0.05) is 11.8 Å². The third kappa shape index (κ3) is 6.18. The number of rotatable bonds is 7. The largest absolute Gasteiger partial charge is 0.459 e. The van der Waals surface area contributed by atoms with Crippen molar-refractivity contribution in [3.05, 3.63) is 60.6 Å². The fraction of sp³-hybridized carbons (Fsp3) is 0.105. The molecular formula is C19H17N5O4S. The highest BCUT2D eigenvalue weighted by Crippen LogP contribution is 2.18. The van der Waals surface area contributed by atoms with Gasteiger partial charge in [-0.05, 0) is 48.5 Å². The van der Waals surface area contributed by atoms with Crippen molar-refractivity contribution in [3.8, 4) is 0 Å². The summed E-state index contributed by atoms with van der Waals surface area (Å²) in [5.41, 5.74) is 1.27. The molecule has 2 aromatic heterocycles. The first-order valence-corrected chi connectivity index (χ1v) is 9.47. The highest BCUT2D eigenvalue weighted by molar-refractivity contribution is 7.99. The molecule has 29 heavy (non-hydrogen) atoms. The molecule has 0 saturated carbocycles. The second-order valence-corrected chi connectivity index (χ2v) is 6.78. The lowest BCUT2D eigenvalue weighted by Crippen LogP contribution is -2.14. The average molecular weight is 411 g/mol. The maximum Gasteiger partial charge on any atom is 0.292 e. The molecule has 2 heterocycles. The number of carbonyl (C=O) groups is 3. The minimum absolute atomic E-state index is 0.139. The van der Waals surface area contributed by atoms with E-state index in [9.17, 15) is 14.4 Å². The third-order valence-corrected chi connectivity index (χ3v) is 4.39. The number of carbonyl (C=O) groups excluding carboxylic acids is 3. The maximum atomic E-state index is 12.1. The molecule has 0 aliphatic heterocycles. The SMILES string of the molecule is CC(=O)Nc1ccc(NC(=O)CSc2ccc(NC(=O)c3ccco3)nn2)cc1. The number of hydrogen-bond donors (Lipinski definition) is 3. The molecular weight excluding hydrogens is 394 g/mol. The van der Waals surface area contributed by atoms with Crippen LogP contribution in [-0.4, -0.2) is 33.7 Å². The molecule has 9 nitrogen and oxygen atoms in total. The highest BCUT2D eigenvalue weighted by atomic mass is 32.2. The molecule has 0 saturated heterocycles. The maximum absolute atomic E-state index is 12.1. The zero-order valence-electron chi connectivity index (χ0n) is 15.3. The second-order valence-electron chi connectivity index (χ2n) is 5.78. The van der Waals surface area contributed by atoms with Gasteiger partial charge in [-0.2, -0.15) is 0 Å². The molecule has 0 aliphatic rings. The lowest BCUT2D eigenvalue weighted by Gasteiger charge is -2.07. The van der Waals surface area contributed by atoms with Gasteiger partial charge in [-0.25, -0.2) is 0 Å². The monoisotopic (exact) mass is 411 g/mol. The van der Waals surface area contributed by atoms with Crippen LogP contribution < -0.4 is 16.0 Å². The summed E-state index contributed by atoms with van der Waals surface area (Å²) >= 11 is 1.21. The Hall–Kier alpha value is -3.66. The van der Waals surface area contributed by atoms with E-state index >= 15 is 0 Å². The van der Waals surface area contributed by atoms with Crippen LogP contribution in [0.2, 0.25) is 0 Å². The van der Waals surface area contributed by atoms with Gasteiger partial charge in [0.05, 0.1) is 12.0 Å². The zero-order valence-corrected chi connectivity index (χ0v) is 16.2. The summed E-state index contributed by atoms with van der Waals surface area (Å²) in [5, 5.41) is 16.4. The fourth-order valence-electron chi connectivity index (χ4n) is 2.23. The number of furan rings is 1. The summed E-state index contributed by atoms with van der Waals surface area (Å²) in [6, 6.07) is 13.2. The number of nitrogens with one attached hydrogen (secondary N) is 3. The first-order chi connectivity index (χ1) is 14.0. The van der Waals surface area contributed by atoms with Crippen molar-refractivity contribution in [1.29, 1.82) is 0 Å². The molecule has 3 rings (SSSR count). The molecule has 0 unspecified atom stereocenters. The molecule has 0 atom stereocenters. The van der Waals surface area contributed by atoms with Crippen molar-refractivity contribution in [2.24, 2.45) is 0 Å². The topological polar surface area (TPSA) is 126 Å². The molecule has 0 aliphatic carbocycles. The van der Waals surface area contributed by atoms with Crippen LogP contribution in [0.4, 0.5) is 17.2 Å². The van der Waals surface area contributed by atoms with E-state index < -0.39 is 5.91 Å². The van der Waals surface area contributed by atoms with E-state index in [-0.39, 0.29) is 29.1 Å². The summed E-state index contributed by atoms with van der Waals surface area (Å²) in [5.74, 6) is -0.203. The summed E-state index contributed by atoms with van der Waals surface area (Å²) in [6.07, 6.45) is 1.41. The van der Waals surface area contributed by atoms with Gasteiger partial charge in [0.2, 0.25) is 11.8 Å². The summed E-state index contributed by atoms with van der Waals surface area (Å²) in [7, 11) is 0. The van der Waals surface area contributed by atoms with Crippen LogP contribution in [0.1, 0.15) is 17.5 Å². The number of aromatic nitrogens is 2. The van der Waals surface area contributed by atoms with E-state index in [0.29, 0.717) is 16.4 Å². The number of thioether (sulfide) groups is 1. The van der Waals surface area contributed by atoms with Crippen LogP contribution in [-0.2, 0) is 9.59 Å². The molecule has 0 spiro atoms. The minimum atomic E-state index is -0.423. The van der Waals surface area contributed by atoms with E-state index in [2.05, 4.69) is 26.1 Å². The Morgan fingerprint density at radius 1 is 0.931 bits per heavy atom. The lowest BCUT2D eigenvalue weighted by atomic mass is 10.3. The Bertz CT molecular complexity index is 988. The quantitative estimate of drug-likeness (QED) is 0.510. The number of anilines is 3. The van der Waals surface area contributed by atoms with E-state index in [0.717, 1.165) is 0 Å². The van der Waals surface area contributed by atoms with Crippen LogP contribution in [0, 0.1) is 0 Å². The predicted octanol–water partition coefficient (Wildman–Crippen LogP) is 3.01. The van der Waals surface area contributed by atoms with Crippen LogP contribution in [0.3, 0.4) is 0 Å². The molecule has 3 amide bonds. The summed E-state index contributed by atoms with van der Waals surface area (Å²) in [6.45, 7) is 1.43. The Balaban J connectivity index is 1.46. The van der Waals surface area contributed by atoms with Crippen molar-refractivity contribution in [3.63, 3.8) is 0 Å². The smallest absolute Gasteiger partial charge is 0.292 e. The van der Waals surface area contributed by atoms with Gasteiger partial charge in [-0.3, -0.25) is 14.4 Å². The summed E-state index contributed by atoms with van der Waals surface area (Å²) in [4.78, 5) is 34.9. The molecule has 10 heteroatoms. The normalized spacial score (nSPS) is 10.2. The van der Waals surface area contributed by atoms with Crippen molar-refractivity contribution in [2.45, 2.75) is 11.9 Å². The van der Waals surface area contributed by atoms with Gasteiger partial charge in [-0.15, -0.1) is 10.2 Å². The van der Waals surface area contributed by atoms with E-state index in [1.807, 2.05) is 0 Å². The lowest BCUT2D eigenvalue weighted by molar-refractivity contribution is -0.114. The molecule has 148 valence electrons. The highest BCUT2D eigenvalue weighted by Gasteiger charge is 2.10.